The predicted molar refractivity (Wildman–Crippen MR) is 116 cm³/mol. The summed E-state index contributed by atoms with van der Waals surface area (Å²) < 4.78 is 27.4. The number of Topliss-reactive ketones (excluding diaryl/α,β-unsaturated/α-hetero) is 1. The van der Waals surface area contributed by atoms with Gasteiger partial charge in [0.1, 0.15) is 12.3 Å². The van der Waals surface area contributed by atoms with E-state index in [0.29, 0.717) is 18.4 Å². The van der Waals surface area contributed by atoms with Gasteiger partial charge in [0.25, 0.3) is 5.92 Å². The molecule has 10 heteroatoms. The third kappa shape index (κ3) is 4.45. The molecule has 3 aliphatic rings. The molecular formula is C24H27F2N3O5. The first-order chi connectivity index (χ1) is 16.0. The number of ketones is 1. The second kappa shape index (κ2) is 8.88. The number of alkyl halides is 2. The first-order valence-electron chi connectivity index (χ1n) is 11.4. The van der Waals surface area contributed by atoms with E-state index in [9.17, 15) is 32.8 Å². The molecule has 34 heavy (non-hydrogen) atoms. The molecule has 0 aliphatic carbocycles. The molecule has 182 valence electrons. The van der Waals surface area contributed by atoms with E-state index in [0.717, 1.165) is 16.0 Å². The first kappa shape index (κ1) is 24.0. The first-order valence-corrected chi connectivity index (χ1v) is 11.4. The Kier molecular flexibility index (Phi) is 6.26. The molecule has 0 unspecified atom stereocenters. The van der Waals surface area contributed by atoms with Crippen molar-refractivity contribution in [1.29, 1.82) is 0 Å². The molecule has 0 spiro atoms. The van der Waals surface area contributed by atoms with Gasteiger partial charge < -0.3 is 19.9 Å². The van der Waals surface area contributed by atoms with Crippen molar-refractivity contribution in [2.24, 2.45) is 11.8 Å². The topological polar surface area (TPSA) is 104 Å². The molecule has 2 saturated heterocycles. The Balaban J connectivity index is 1.39. The molecule has 3 atom stereocenters. The van der Waals surface area contributed by atoms with E-state index in [4.69, 9.17) is 0 Å². The number of halogens is 2. The number of aldehydes is 1. The van der Waals surface area contributed by atoms with Gasteiger partial charge in [-0.3, -0.25) is 19.2 Å². The summed E-state index contributed by atoms with van der Waals surface area (Å²) in [4.78, 5) is 64.2. The van der Waals surface area contributed by atoms with Crippen molar-refractivity contribution in [3.05, 3.63) is 34.9 Å². The van der Waals surface area contributed by atoms with E-state index in [1.807, 2.05) is 19.9 Å². The van der Waals surface area contributed by atoms with Crippen molar-refractivity contribution in [2.75, 3.05) is 6.54 Å². The van der Waals surface area contributed by atoms with Crippen LogP contribution in [0.15, 0.2) is 18.2 Å². The summed E-state index contributed by atoms with van der Waals surface area (Å²) in [7, 11) is 0. The lowest BCUT2D eigenvalue weighted by Crippen LogP contribution is -2.47. The number of nitrogens with one attached hydrogen (secondary N) is 1. The van der Waals surface area contributed by atoms with Crippen LogP contribution in [0.1, 0.15) is 54.6 Å². The van der Waals surface area contributed by atoms with E-state index < -0.39 is 48.7 Å². The lowest BCUT2D eigenvalue weighted by Gasteiger charge is -2.23. The summed E-state index contributed by atoms with van der Waals surface area (Å²) in [6.07, 6.45) is -0.555. The van der Waals surface area contributed by atoms with Crippen LogP contribution in [0.3, 0.4) is 0 Å². The van der Waals surface area contributed by atoms with Crippen LogP contribution in [0.5, 0.6) is 0 Å². The number of fused-ring (bicyclic) bond motifs is 1. The van der Waals surface area contributed by atoms with Gasteiger partial charge in [-0.05, 0) is 17.5 Å². The zero-order valence-electron chi connectivity index (χ0n) is 19.1. The van der Waals surface area contributed by atoms with Gasteiger partial charge >= 0.3 is 0 Å². The molecule has 8 nitrogen and oxygen atoms in total. The molecule has 0 bridgehead atoms. The summed E-state index contributed by atoms with van der Waals surface area (Å²) in [6.45, 7) is 3.36. The van der Waals surface area contributed by atoms with Gasteiger partial charge in [-0.25, -0.2) is 8.78 Å². The van der Waals surface area contributed by atoms with Gasteiger partial charge in [0.05, 0.1) is 12.6 Å². The maximum absolute atomic E-state index is 13.7. The van der Waals surface area contributed by atoms with E-state index in [-0.39, 0.29) is 37.0 Å². The molecule has 3 amide bonds. The molecule has 0 radical (unpaired) electrons. The Labute approximate surface area is 195 Å². The fraction of sp³-hybridized carbons (Fsp3) is 0.542. The third-order valence-electron chi connectivity index (χ3n) is 6.80. The van der Waals surface area contributed by atoms with E-state index >= 15 is 0 Å². The van der Waals surface area contributed by atoms with Crippen LogP contribution in [0, 0.1) is 11.8 Å². The SMILES string of the molecule is CC(C)C(=O)c1cccc2c1CN(C(=O)C[C@@H]1C[C@@H](C(=O)N3CC(F)(F)C[C@H]3C=O)NC1=O)C2. The van der Waals surface area contributed by atoms with Crippen molar-refractivity contribution in [2.45, 2.75) is 64.2 Å². The van der Waals surface area contributed by atoms with Crippen LogP contribution in [-0.4, -0.2) is 64.1 Å². The highest BCUT2D eigenvalue weighted by atomic mass is 19.3. The molecular weight excluding hydrogens is 448 g/mol. The summed E-state index contributed by atoms with van der Waals surface area (Å²) in [5, 5.41) is 2.50. The Morgan fingerprint density at radius 2 is 1.97 bits per heavy atom. The Morgan fingerprint density at radius 1 is 1.24 bits per heavy atom. The fourth-order valence-electron chi connectivity index (χ4n) is 4.97. The molecule has 3 heterocycles. The molecule has 2 fully saturated rings. The minimum absolute atomic E-state index is 0.00351. The van der Waals surface area contributed by atoms with Gasteiger partial charge in [0, 0.05) is 43.3 Å². The maximum Gasteiger partial charge on any atom is 0.267 e. The standard InChI is InChI=1S/C24H27F2N3O5/c1-13(2)21(32)17-5-3-4-14-9-28(10-18(14)17)20(31)7-15-6-19(27-22(15)33)23(34)29-12-24(25,26)8-16(29)11-30/h3-5,11,13,15-16,19H,6-10,12H2,1-2H3,(H,27,33)/t15-,16-,19-/m0/s1. The lowest BCUT2D eigenvalue weighted by atomic mass is 9.94. The number of nitrogens with zero attached hydrogens (tertiary/aromatic N) is 2. The van der Waals surface area contributed by atoms with Gasteiger partial charge in [-0.2, -0.15) is 0 Å². The summed E-state index contributed by atoms with van der Waals surface area (Å²) in [6, 6.07) is 3.13. The van der Waals surface area contributed by atoms with E-state index in [1.165, 1.54) is 0 Å². The van der Waals surface area contributed by atoms with Crippen molar-refractivity contribution >= 4 is 29.8 Å². The number of rotatable bonds is 6. The normalized spacial score (nSPS) is 25.4. The Hall–Kier alpha value is -3.17. The Bertz CT molecular complexity index is 1060. The number of carbonyl (C=O) groups excluding carboxylic acids is 5. The predicted octanol–water partition coefficient (Wildman–Crippen LogP) is 1.70. The van der Waals surface area contributed by atoms with E-state index in [2.05, 4.69) is 5.32 Å². The zero-order valence-corrected chi connectivity index (χ0v) is 19.1. The average Bonchev–Trinajstić information content (AvgIpc) is 3.47. The highest BCUT2D eigenvalue weighted by Gasteiger charge is 2.50. The molecule has 1 N–H and O–H groups in total. The largest absolute Gasteiger partial charge is 0.344 e. The number of hydrogen-bond acceptors (Lipinski definition) is 5. The van der Waals surface area contributed by atoms with Crippen LogP contribution in [0.25, 0.3) is 0 Å². The number of benzene rings is 1. The van der Waals surface area contributed by atoms with Gasteiger partial charge in [-0.1, -0.05) is 32.0 Å². The zero-order chi connectivity index (χ0) is 24.8. The maximum atomic E-state index is 13.7. The lowest BCUT2D eigenvalue weighted by molar-refractivity contribution is -0.137. The van der Waals surface area contributed by atoms with E-state index in [1.54, 1.807) is 17.0 Å². The minimum atomic E-state index is -3.15. The van der Waals surface area contributed by atoms with Crippen molar-refractivity contribution in [3.63, 3.8) is 0 Å². The van der Waals surface area contributed by atoms with Crippen molar-refractivity contribution < 1.29 is 32.8 Å². The smallest absolute Gasteiger partial charge is 0.267 e. The number of amides is 3. The van der Waals surface area contributed by atoms with Crippen molar-refractivity contribution in [3.8, 4) is 0 Å². The molecule has 1 aromatic carbocycles. The second-order valence-electron chi connectivity index (χ2n) is 9.64. The number of carbonyl (C=O) groups is 5. The molecule has 0 aromatic heterocycles. The fourth-order valence-corrected chi connectivity index (χ4v) is 4.97. The van der Waals surface area contributed by atoms with Gasteiger partial charge in [0.15, 0.2) is 5.78 Å². The molecule has 3 aliphatic heterocycles. The molecule has 4 rings (SSSR count). The van der Waals surface area contributed by atoms with Crippen LogP contribution in [-0.2, 0) is 32.3 Å². The number of hydrogen-bond donors (Lipinski definition) is 1. The van der Waals surface area contributed by atoms with Crippen LogP contribution < -0.4 is 5.32 Å². The summed E-state index contributed by atoms with van der Waals surface area (Å²) in [5.41, 5.74) is 2.30. The Morgan fingerprint density at radius 3 is 2.65 bits per heavy atom. The molecule has 1 aromatic rings. The highest BCUT2D eigenvalue weighted by molar-refractivity contribution is 5.99. The van der Waals surface area contributed by atoms with Gasteiger partial charge in [-0.15, -0.1) is 0 Å². The third-order valence-corrected chi connectivity index (χ3v) is 6.80. The summed E-state index contributed by atoms with van der Waals surface area (Å²) in [5.74, 6) is -5.62. The van der Waals surface area contributed by atoms with Crippen LogP contribution in [0.2, 0.25) is 0 Å². The summed E-state index contributed by atoms with van der Waals surface area (Å²) >= 11 is 0. The number of likely N-dealkylation sites (tertiary alicyclic amines) is 1. The van der Waals surface area contributed by atoms with Crippen LogP contribution in [0.4, 0.5) is 8.78 Å². The van der Waals surface area contributed by atoms with Gasteiger partial charge in [0.2, 0.25) is 17.7 Å². The minimum Gasteiger partial charge on any atom is -0.344 e. The van der Waals surface area contributed by atoms with Crippen LogP contribution >= 0.6 is 0 Å². The second-order valence-corrected chi connectivity index (χ2v) is 9.64. The van der Waals surface area contributed by atoms with Crippen molar-refractivity contribution in [1.82, 2.24) is 15.1 Å². The monoisotopic (exact) mass is 475 g/mol. The average molecular weight is 475 g/mol. The molecule has 0 saturated carbocycles. The quantitative estimate of drug-likeness (QED) is 0.498. The highest BCUT2D eigenvalue weighted by Crippen LogP contribution is 2.34.